The van der Waals surface area contributed by atoms with Gasteiger partial charge in [0.25, 0.3) is 0 Å². The van der Waals surface area contributed by atoms with E-state index in [0.717, 1.165) is 28.1 Å². The summed E-state index contributed by atoms with van der Waals surface area (Å²) in [4.78, 5) is 13.2. The molecule has 0 bridgehead atoms. The summed E-state index contributed by atoms with van der Waals surface area (Å²) in [6, 6.07) is 21.8. The smallest absolute Gasteiger partial charge is 0.230 e. The van der Waals surface area contributed by atoms with Crippen molar-refractivity contribution in [3.05, 3.63) is 79.1 Å². The molecule has 116 valence electrons. The number of aromatic nitrogens is 3. The lowest BCUT2D eigenvalue weighted by molar-refractivity contribution is 1.15. The van der Waals surface area contributed by atoms with Gasteiger partial charge in [0.05, 0.1) is 0 Å². The van der Waals surface area contributed by atoms with Gasteiger partial charge in [0, 0.05) is 23.5 Å². The fourth-order valence-electron chi connectivity index (χ4n) is 2.48. The summed E-state index contributed by atoms with van der Waals surface area (Å²) < 4.78 is 0. The monoisotopic (exact) mass is 313 g/mol. The van der Waals surface area contributed by atoms with E-state index in [4.69, 9.17) is 0 Å². The van der Waals surface area contributed by atoms with E-state index < -0.39 is 0 Å². The molecule has 0 saturated heterocycles. The maximum absolute atomic E-state index is 4.50. The minimum Gasteiger partial charge on any atom is -0.340 e. The fraction of sp³-hybridized carbons (Fsp3) is 0. The van der Waals surface area contributed by atoms with Crippen molar-refractivity contribution in [2.75, 3.05) is 10.6 Å². The van der Waals surface area contributed by atoms with Crippen molar-refractivity contribution < 1.29 is 0 Å². The molecule has 0 aliphatic carbocycles. The number of fused-ring (bicyclic) bond motifs is 1. The number of anilines is 4. The topological polar surface area (TPSA) is 62.7 Å². The second-order valence-corrected chi connectivity index (χ2v) is 5.26. The van der Waals surface area contributed by atoms with E-state index in [1.165, 1.54) is 0 Å². The summed E-state index contributed by atoms with van der Waals surface area (Å²) in [7, 11) is 0. The summed E-state index contributed by atoms with van der Waals surface area (Å²) in [6.07, 6.45) is 3.49. The number of para-hydroxylation sites is 1. The number of nitrogens with one attached hydrogen (secondary N) is 2. The third-order valence-corrected chi connectivity index (χ3v) is 3.61. The van der Waals surface area contributed by atoms with Gasteiger partial charge in [-0.15, -0.1) is 0 Å². The summed E-state index contributed by atoms with van der Waals surface area (Å²) in [6.45, 7) is 0. The van der Waals surface area contributed by atoms with Crippen molar-refractivity contribution in [3.8, 4) is 0 Å². The Morgan fingerprint density at radius 3 is 2.38 bits per heavy atom. The SMILES string of the molecule is c1ccc(Nc2ccnc(Nc3nccc4ccccc34)n2)cc1. The largest absolute Gasteiger partial charge is 0.340 e. The van der Waals surface area contributed by atoms with Gasteiger partial charge in [-0.05, 0) is 29.7 Å². The van der Waals surface area contributed by atoms with Crippen molar-refractivity contribution in [3.63, 3.8) is 0 Å². The summed E-state index contributed by atoms with van der Waals surface area (Å²) in [5.74, 6) is 1.96. The maximum atomic E-state index is 4.50. The van der Waals surface area contributed by atoms with E-state index in [0.29, 0.717) is 5.95 Å². The standard InChI is InChI=1S/C19H15N5/c1-2-7-15(8-3-1)22-17-11-13-21-19(23-17)24-18-16-9-5-4-6-14(16)10-12-20-18/h1-13H,(H2,20,21,22,23,24). The van der Waals surface area contributed by atoms with Gasteiger partial charge in [-0.3, -0.25) is 0 Å². The van der Waals surface area contributed by atoms with Crippen LogP contribution in [-0.4, -0.2) is 15.0 Å². The van der Waals surface area contributed by atoms with Crippen molar-refractivity contribution in [1.82, 2.24) is 15.0 Å². The van der Waals surface area contributed by atoms with Crippen molar-refractivity contribution in [2.45, 2.75) is 0 Å². The highest BCUT2D eigenvalue weighted by molar-refractivity contribution is 5.92. The van der Waals surface area contributed by atoms with Crippen molar-refractivity contribution >= 4 is 34.0 Å². The van der Waals surface area contributed by atoms with Crippen LogP contribution < -0.4 is 10.6 Å². The minimum atomic E-state index is 0.500. The highest BCUT2D eigenvalue weighted by atomic mass is 15.2. The predicted octanol–water partition coefficient (Wildman–Crippen LogP) is 4.51. The van der Waals surface area contributed by atoms with Crippen LogP contribution in [0.15, 0.2) is 79.1 Å². The first-order valence-corrected chi connectivity index (χ1v) is 7.64. The Bertz CT molecular complexity index is 964. The Hall–Kier alpha value is -3.47. The van der Waals surface area contributed by atoms with Crippen LogP contribution >= 0.6 is 0 Å². The molecule has 0 fully saturated rings. The van der Waals surface area contributed by atoms with E-state index in [1.54, 1.807) is 12.4 Å². The molecule has 4 rings (SSSR count). The molecule has 0 radical (unpaired) electrons. The first kappa shape index (κ1) is 14.1. The Labute approximate surface area is 139 Å². The van der Waals surface area contributed by atoms with Crippen LogP contribution in [0.1, 0.15) is 0 Å². The van der Waals surface area contributed by atoms with Gasteiger partial charge in [-0.1, -0.05) is 42.5 Å². The van der Waals surface area contributed by atoms with Crippen LogP contribution in [0.25, 0.3) is 10.8 Å². The normalized spacial score (nSPS) is 10.5. The number of hydrogen-bond donors (Lipinski definition) is 2. The van der Waals surface area contributed by atoms with E-state index in [-0.39, 0.29) is 0 Å². The van der Waals surface area contributed by atoms with E-state index >= 15 is 0 Å². The molecule has 0 saturated carbocycles. The molecular weight excluding hydrogens is 298 g/mol. The number of rotatable bonds is 4. The third-order valence-electron chi connectivity index (χ3n) is 3.61. The van der Waals surface area contributed by atoms with Gasteiger partial charge in [0.2, 0.25) is 5.95 Å². The van der Waals surface area contributed by atoms with Gasteiger partial charge in [-0.25, -0.2) is 9.97 Å². The average Bonchev–Trinajstić information content (AvgIpc) is 2.63. The maximum Gasteiger partial charge on any atom is 0.230 e. The van der Waals surface area contributed by atoms with E-state index in [1.807, 2.05) is 60.7 Å². The molecule has 0 unspecified atom stereocenters. The fourth-order valence-corrected chi connectivity index (χ4v) is 2.48. The minimum absolute atomic E-state index is 0.500. The predicted molar refractivity (Wildman–Crippen MR) is 96.8 cm³/mol. The molecule has 4 aromatic rings. The van der Waals surface area contributed by atoms with Crippen LogP contribution in [0, 0.1) is 0 Å². The molecule has 2 aromatic carbocycles. The highest BCUT2D eigenvalue weighted by Crippen LogP contribution is 2.23. The second kappa shape index (κ2) is 6.34. The lowest BCUT2D eigenvalue weighted by Crippen LogP contribution is -2.01. The first-order valence-electron chi connectivity index (χ1n) is 7.64. The number of pyridine rings is 1. The third kappa shape index (κ3) is 3.01. The van der Waals surface area contributed by atoms with Crippen LogP contribution in [0.4, 0.5) is 23.3 Å². The Balaban J connectivity index is 1.62. The molecule has 0 amide bonds. The molecule has 0 spiro atoms. The van der Waals surface area contributed by atoms with Crippen LogP contribution in [0.5, 0.6) is 0 Å². The summed E-state index contributed by atoms with van der Waals surface area (Å²) in [5, 5.41) is 8.61. The number of nitrogens with zero attached hydrogens (tertiary/aromatic N) is 3. The van der Waals surface area contributed by atoms with Crippen molar-refractivity contribution in [1.29, 1.82) is 0 Å². The van der Waals surface area contributed by atoms with Crippen molar-refractivity contribution in [2.24, 2.45) is 0 Å². The average molecular weight is 313 g/mol. The molecule has 0 atom stereocenters. The zero-order chi connectivity index (χ0) is 16.2. The van der Waals surface area contributed by atoms with Crippen LogP contribution in [0.2, 0.25) is 0 Å². The van der Waals surface area contributed by atoms with Gasteiger partial charge < -0.3 is 10.6 Å². The molecule has 0 aliphatic rings. The molecule has 0 aliphatic heterocycles. The molecule has 2 N–H and O–H groups in total. The highest BCUT2D eigenvalue weighted by Gasteiger charge is 2.05. The second-order valence-electron chi connectivity index (χ2n) is 5.26. The van der Waals surface area contributed by atoms with Gasteiger partial charge in [-0.2, -0.15) is 4.98 Å². The molecule has 24 heavy (non-hydrogen) atoms. The quantitative estimate of drug-likeness (QED) is 0.580. The summed E-state index contributed by atoms with van der Waals surface area (Å²) >= 11 is 0. The van der Waals surface area contributed by atoms with E-state index in [2.05, 4.69) is 31.7 Å². The van der Waals surface area contributed by atoms with Gasteiger partial charge >= 0.3 is 0 Å². The van der Waals surface area contributed by atoms with Crippen LogP contribution in [-0.2, 0) is 0 Å². The molecule has 2 heterocycles. The van der Waals surface area contributed by atoms with E-state index in [9.17, 15) is 0 Å². The number of benzene rings is 2. The molecule has 2 aromatic heterocycles. The zero-order valence-electron chi connectivity index (χ0n) is 12.8. The Kier molecular flexibility index (Phi) is 3.73. The molecule has 5 heteroatoms. The van der Waals surface area contributed by atoms with Gasteiger partial charge in [0.1, 0.15) is 11.6 Å². The Morgan fingerprint density at radius 1 is 0.667 bits per heavy atom. The molecular formula is C19H15N5. The Morgan fingerprint density at radius 2 is 1.46 bits per heavy atom. The van der Waals surface area contributed by atoms with Gasteiger partial charge in [0.15, 0.2) is 0 Å². The first-order chi connectivity index (χ1) is 11.9. The van der Waals surface area contributed by atoms with Crippen LogP contribution in [0.3, 0.4) is 0 Å². The number of hydrogen-bond acceptors (Lipinski definition) is 5. The molecule has 5 nitrogen and oxygen atoms in total. The summed E-state index contributed by atoms with van der Waals surface area (Å²) in [5.41, 5.74) is 0.977. The lowest BCUT2D eigenvalue weighted by atomic mass is 10.1. The zero-order valence-corrected chi connectivity index (χ0v) is 12.8. The lowest BCUT2D eigenvalue weighted by Gasteiger charge is -2.09.